The van der Waals surface area contributed by atoms with Gasteiger partial charge in [-0.1, -0.05) is 17.3 Å². The summed E-state index contributed by atoms with van der Waals surface area (Å²) in [5.41, 5.74) is 5.08. The summed E-state index contributed by atoms with van der Waals surface area (Å²) in [6, 6.07) is 6.05. The van der Waals surface area contributed by atoms with Crippen molar-refractivity contribution < 1.29 is 9.32 Å². The molecule has 1 amide bonds. The van der Waals surface area contributed by atoms with Crippen LogP contribution in [0.5, 0.6) is 0 Å². The van der Waals surface area contributed by atoms with E-state index < -0.39 is 0 Å². The van der Waals surface area contributed by atoms with Crippen molar-refractivity contribution in [1.82, 2.24) is 5.16 Å². The monoisotopic (exact) mass is 304 g/mol. The van der Waals surface area contributed by atoms with Gasteiger partial charge in [-0.15, -0.1) is 11.8 Å². The molecule has 2 aromatic rings. The molecule has 0 saturated heterocycles. The largest absolute Gasteiger partial charge is 0.361 e. The van der Waals surface area contributed by atoms with Crippen molar-refractivity contribution in [2.75, 3.05) is 11.1 Å². The number of aromatic nitrogens is 1. The number of carbonyl (C=O) groups is 1. The number of hydrogen-bond donors (Lipinski definition) is 1. The van der Waals surface area contributed by atoms with Crippen LogP contribution in [-0.4, -0.2) is 16.8 Å². The van der Waals surface area contributed by atoms with Crippen LogP contribution in [0.15, 0.2) is 22.7 Å². The Balaban J connectivity index is 1.87. The van der Waals surface area contributed by atoms with E-state index in [-0.39, 0.29) is 5.91 Å². The van der Waals surface area contributed by atoms with Gasteiger partial charge in [-0.3, -0.25) is 4.79 Å². The zero-order valence-electron chi connectivity index (χ0n) is 12.8. The molecule has 0 aliphatic carbocycles. The van der Waals surface area contributed by atoms with Gasteiger partial charge in [-0.05, 0) is 44.9 Å². The molecule has 1 aromatic heterocycles. The lowest BCUT2D eigenvalue weighted by molar-refractivity contribution is -0.113. The summed E-state index contributed by atoms with van der Waals surface area (Å²) in [5, 5.41) is 6.88. The van der Waals surface area contributed by atoms with Crippen molar-refractivity contribution in [3.05, 3.63) is 46.3 Å². The molecule has 0 fully saturated rings. The van der Waals surface area contributed by atoms with Crippen LogP contribution in [0, 0.1) is 27.7 Å². The van der Waals surface area contributed by atoms with Crippen LogP contribution in [0.4, 0.5) is 5.69 Å². The number of anilines is 1. The van der Waals surface area contributed by atoms with Gasteiger partial charge < -0.3 is 9.84 Å². The molecule has 0 unspecified atom stereocenters. The van der Waals surface area contributed by atoms with Crippen LogP contribution in [-0.2, 0) is 10.5 Å². The first kappa shape index (κ1) is 15.6. The van der Waals surface area contributed by atoms with E-state index in [1.54, 1.807) is 11.8 Å². The maximum Gasteiger partial charge on any atom is 0.234 e. The van der Waals surface area contributed by atoms with Crippen LogP contribution in [0.25, 0.3) is 0 Å². The predicted molar refractivity (Wildman–Crippen MR) is 86.7 cm³/mol. The highest BCUT2D eigenvalue weighted by molar-refractivity contribution is 7.99. The molecule has 0 bridgehead atoms. The topological polar surface area (TPSA) is 55.1 Å². The van der Waals surface area contributed by atoms with Crippen LogP contribution in [0.1, 0.15) is 28.1 Å². The molecular formula is C16H20N2O2S. The fourth-order valence-electron chi connectivity index (χ4n) is 2.01. The van der Waals surface area contributed by atoms with Crippen molar-refractivity contribution in [2.45, 2.75) is 33.4 Å². The Labute approximate surface area is 129 Å². The first-order valence-electron chi connectivity index (χ1n) is 6.84. The first-order chi connectivity index (χ1) is 9.97. The summed E-state index contributed by atoms with van der Waals surface area (Å²) >= 11 is 1.56. The number of rotatable bonds is 5. The van der Waals surface area contributed by atoms with E-state index in [0.717, 1.165) is 39.6 Å². The molecule has 0 aliphatic heterocycles. The highest BCUT2D eigenvalue weighted by atomic mass is 32.2. The lowest BCUT2D eigenvalue weighted by Gasteiger charge is -2.09. The minimum atomic E-state index is 0.0143. The molecule has 4 nitrogen and oxygen atoms in total. The molecule has 2 rings (SSSR count). The molecular weight excluding hydrogens is 284 g/mol. The maximum atomic E-state index is 12.0. The highest BCUT2D eigenvalue weighted by Gasteiger charge is 2.10. The number of aryl methyl sites for hydroxylation is 4. The summed E-state index contributed by atoms with van der Waals surface area (Å²) in [6.45, 7) is 7.82. The quantitative estimate of drug-likeness (QED) is 0.913. The summed E-state index contributed by atoms with van der Waals surface area (Å²) in [6.07, 6.45) is 0. The molecule has 0 aliphatic rings. The molecule has 0 atom stereocenters. The Morgan fingerprint density at radius 2 is 2.05 bits per heavy atom. The number of amides is 1. The Morgan fingerprint density at radius 1 is 1.29 bits per heavy atom. The van der Waals surface area contributed by atoms with Gasteiger partial charge in [-0.25, -0.2) is 0 Å². The number of benzene rings is 1. The van der Waals surface area contributed by atoms with E-state index in [1.165, 1.54) is 0 Å². The number of carbonyl (C=O) groups excluding carboxylic acids is 1. The van der Waals surface area contributed by atoms with E-state index in [2.05, 4.69) is 10.5 Å². The Bertz CT molecular complexity index is 630. The molecule has 0 saturated carbocycles. The zero-order valence-corrected chi connectivity index (χ0v) is 13.6. The van der Waals surface area contributed by atoms with Crippen molar-refractivity contribution in [1.29, 1.82) is 0 Å². The third-order valence-corrected chi connectivity index (χ3v) is 4.29. The molecule has 5 heteroatoms. The second-order valence-corrected chi connectivity index (χ2v) is 6.15. The van der Waals surface area contributed by atoms with Gasteiger partial charge in [0.05, 0.1) is 11.4 Å². The van der Waals surface area contributed by atoms with Gasteiger partial charge in [-0.2, -0.15) is 0 Å². The average Bonchev–Trinajstić information content (AvgIpc) is 2.74. The summed E-state index contributed by atoms with van der Waals surface area (Å²) in [4.78, 5) is 12.0. The van der Waals surface area contributed by atoms with Crippen LogP contribution >= 0.6 is 11.8 Å². The second-order valence-electron chi connectivity index (χ2n) is 5.16. The molecule has 1 heterocycles. The smallest absolute Gasteiger partial charge is 0.234 e. The average molecular weight is 304 g/mol. The third-order valence-electron chi connectivity index (χ3n) is 3.33. The van der Waals surface area contributed by atoms with E-state index in [1.807, 2.05) is 45.9 Å². The SMILES string of the molecule is Cc1ccc(C)c(NC(=O)CSCc2c(C)noc2C)c1. The van der Waals surface area contributed by atoms with Crippen molar-refractivity contribution in [3.8, 4) is 0 Å². The van der Waals surface area contributed by atoms with Gasteiger partial charge in [0.2, 0.25) is 5.91 Å². The molecule has 0 spiro atoms. The molecule has 112 valence electrons. The number of nitrogens with zero attached hydrogens (tertiary/aromatic N) is 1. The number of hydrogen-bond acceptors (Lipinski definition) is 4. The van der Waals surface area contributed by atoms with Gasteiger partial charge in [0.25, 0.3) is 0 Å². The van der Waals surface area contributed by atoms with Crippen LogP contribution < -0.4 is 5.32 Å². The minimum Gasteiger partial charge on any atom is -0.361 e. The van der Waals surface area contributed by atoms with Gasteiger partial charge >= 0.3 is 0 Å². The maximum absolute atomic E-state index is 12.0. The lowest BCUT2D eigenvalue weighted by atomic mass is 10.1. The van der Waals surface area contributed by atoms with E-state index in [0.29, 0.717) is 5.75 Å². The fourth-order valence-corrected chi connectivity index (χ4v) is 2.99. The van der Waals surface area contributed by atoms with Gasteiger partial charge in [0, 0.05) is 17.0 Å². The van der Waals surface area contributed by atoms with Crippen molar-refractivity contribution in [2.24, 2.45) is 0 Å². The summed E-state index contributed by atoms with van der Waals surface area (Å²) in [5.74, 6) is 1.99. The lowest BCUT2D eigenvalue weighted by Crippen LogP contribution is -2.15. The summed E-state index contributed by atoms with van der Waals surface area (Å²) < 4.78 is 5.11. The standard InChI is InChI=1S/C16H20N2O2S/c1-10-5-6-11(2)15(7-10)17-16(19)9-21-8-14-12(3)18-20-13(14)4/h5-7H,8-9H2,1-4H3,(H,17,19). The zero-order chi connectivity index (χ0) is 15.4. The Morgan fingerprint density at radius 3 is 2.71 bits per heavy atom. The van der Waals surface area contributed by atoms with Gasteiger partial charge in [0.15, 0.2) is 0 Å². The number of thioether (sulfide) groups is 1. The van der Waals surface area contributed by atoms with E-state index >= 15 is 0 Å². The fraction of sp³-hybridized carbons (Fsp3) is 0.375. The normalized spacial score (nSPS) is 10.7. The highest BCUT2D eigenvalue weighted by Crippen LogP contribution is 2.20. The predicted octanol–water partition coefficient (Wildman–Crippen LogP) is 3.78. The first-order valence-corrected chi connectivity index (χ1v) is 7.99. The van der Waals surface area contributed by atoms with E-state index in [9.17, 15) is 4.79 Å². The minimum absolute atomic E-state index is 0.0143. The molecule has 1 aromatic carbocycles. The van der Waals surface area contributed by atoms with Crippen LogP contribution in [0.3, 0.4) is 0 Å². The molecule has 21 heavy (non-hydrogen) atoms. The Kier molecular flexibility index (Phi) is 5.07. The van der Waals surface area contributed by atoms with E-state index in [4.69, 9.17) is 4.52 Å². The Hall–Kier alpha value is -1.75. The van der Waals surface area contributed by atoms with Gasteiger partial charge in [0.1, 0.15) is 5.76 Å². The van der Waals surface area contributed by atoms with Crippen LogP contribution in [0.2, 0.25) is 0 Å². The van der Waals surface area contributed by atoms with Crippen molar-refractivity contribution in [3.63, 3.8) is 0 Å². The second kappa shape index (κ2) is 6.80. The molecule has 1 N–H and O–H groups in total. The third kappa shape index (κ3) is 4.11. The summed E-state index contributed by atoms with van der Waals surface area (Å²) in [7, 11) is 0. The van der Waals surface area contributed by atoms with Crippen molar-refractivity contribution >= 4 is 23.4 Å². The molecule has 0 radical (unpaired) electrons. The number of nitrogens with one attached hydrogen (secondary N) is 1.